The van der Waals surface area contributed by atoms with E-state index in [1.165, 1.54) is 11.8 Å². The zero-order valence-electron chi connectivity index (χ0n) is 18.1. The van der Waals surface area contributed by atoms with Gasteiger partial charge in [0.05, 0.1) is 6.54 Å². The summed E-state index contributed by atoms with van der Waals surface area (Å²) < 4.78 is 0. The van der Waals surface area contributed by atoms with E-state index in [-0.39, 0.29) is 24.3 Å². The predicted octanol–water partition coefficient (Wildman–Crippen LogP) is 3.65. The number of benzene rings is 3. The molecular formula is C25H26N4O3. The van der Waals surface area contributed by atoms with Gasteiger partial charge in [0.25, 0.3) is 5.91 Å². The Morgan fingerprint density at radius 2 is 1.44 bits per heavy atom. The fraction of sp³-hybridized carbons (Fsp3) is 0.160. The number of carbonyl (C=O) groups excluding carboxylic acids is 3. The van der Waals surface area contributed by atoms with Crippen LogP contribution in [-0.4, -0.2) is 31.3 Å². The molecule has 3 amide bonds. The van der Waals surface area contributed by atoms with Gasteiger partial charge in [0.2, 0.25) is 11.8 Å². The van der Waals surface area contributed by atoms with Gasteiger partial charge in [0.1, 0.15) is 0 Å². The minimum atomic E-state index is -0.206. The number of carbonyl (C=O) groups is 3. The molecule has 0 saturated heterocycles. The standard InChI is InChI=1S/C25H26N4O3/c1-18(30)29(2)23-14-12-22(13-15-23)28-24(31)17-26-21-10-8-20(9-11-21)25(32)27-16-19-6-4-3-5-7-19/h3-15,26H,16-17H2,1-2H3,(H,27,32)(H,28,31). The van der Waals surface area contributed by atoms with E-state index in [0.29, 0.717) is 17.8 Å². The molecule has 3 rings (SSSR count). The fourth-order valence-corrected chi connectivity index (χ4v) is 2.96. The zero-order chi connectivity index (χ0) is 22.9. The van der Waals surface area contributed by atoms with Crippen molar-refractivity contribution >= 4 is 34.8 Å². The first kappa shape index (κ1) is 22.6. The molecule has 7 heteroatoms. The van der Waals surface area contributed by atoms with Crippen LogP contribution in [0.5, 0.6) is 0 Å². The maximum atomic E-state index is 12.3. The number of hydrogen-bond acceptors (Lipinski definition) is 4. The summed E-state index contributed by atoms with van der Waals surface area (Å²) in [7, 11) is 1.69. The molecule has 0 bridgehead atoms. The van der Waals surface area contributed by atoms with Crippen molar-refractivity contribution in [1.29, 1.82) is 0 Å². The van der Waals surface area contributed by atoms with E-state index in [2.05, 4.69) is 16.0 Å². The topological polar surface area (TPSA) is 90.5 Å². The van der Waals surface area contributed by atoms with E-state index in [1.807, 2.05) is 30.3 Å². The number of rotatable bonds is 8. The van der Waals surface area contributed by atoms with E-state index < -0.39 is 0 Å². The highest BCUT2D eigenvalue weighted by molar-refractivity contribution is 5.96. The number of anilines is 3. The van der Waals surface area contributed by atoms with Crippen LogP contribution in [0.4, 0.5) is 17.1 Å². The first-order valence-corrected chi connectivity index (χ1v) is 10.2. The third-order valence-corrected chi connectivity index (χ3v) is 4.91. The average molecular weight is 431 g/mol. The minimum Gasteiger partial charge on any atom is -0.376 e. The van der Waals surface area contributed by atoms with Gasteiger partial charge in [-0.2, -0.15) is 0 Å². The summed E-state index contributed by atoms with van der Waals surface area (Å²) in [5.74, 6) is -0.426. The van der Waals surface area contributed by atoms with Crippen molar-refractivity contribution < 1.29 is 14.4 Å². The van der Waals surface area contributed by atoms with Crippen LogP contribution in [0.3, 0.4) is 0 Å². The summed E-state index contributed by atoms with van der Waals surface area (Å²) in [5, 5.41) is 8.72. The van der Waals surface area contributed by atoms with Crippen LogP contribution >= 0.6 is 0 Å². The number of nitrogens with one attached hydrogen (secondary N) is 3. The molecule has 3 aromatic carbocycles. The maximum Gasteiger partial charge on any atom is 0.251 e. The Kier molecular flexibility index (Phi) is 7.59. The van der Waals surface area contributed by atoms with E-state index >= 15 is 0 Å². The number of hydrogen-bond donors (Lipinski definition) is 3. The monoisotopic (exact) mass is 430 g/mol. The Morgan fingerprint density at radius 1 is 0.812 bits per heavy atom. The van der Waals surface area contributed by atoms with Gasteiger partial charge in [0.15, 0.2) is 0 Å². The second-order valence-electron chi connectivity index (χ2n) is 7.27. The molecule has 7 nitrogen and oxygen atoms in total. The average Bonchev–Trinajstić information content (AvgIpc) is 2.82. The molecule has 0 spiro atoms. The van der Waals surface area contributed by atoms with Crippen molar-refractivity contribution in [1.82, 2.24) is 5.32 Å². The molecule has 0 radical (unpaired) electrons. The van der Waals surface area contributed by atoms with Crippen molar-refractivity contribution in [3.63, 3.8) is 0 Å². The SMILES string of the molecule is CC(=O)N(C)c1ccc(NC(=O)CNc2ccc(C(=O)NCc3ccccc3)cc2)cc1. The predicted molar refractivity (Wildman–Crippen MR) is 127 cm³/mol. The lowest BCUT2D eigenvalue weighted by molar-refractivity contribution is -0.116. The lowest BCUT2D eigenvalue weighted by atomic mass is 10.1. The molecule has 164 valence electrons. The summed E-state index contributed by atoms with van der Waals surface area (Å²) >= 11 is 0. The van der Waals surface area contributed by atoms with Gasteiger partial charge in [-0.3, -0.25) is 14.4 Å². The van der Waals surface area contributed by atoms with Crippen molar-refractivity contribution in [2.75, 3.05) is 29.1 Å². The largest absolute Gasteiger partial charge is 0.376 e. The molecule has 0 aliphatic carbocycles. The molecule has 32 heavy (non-hydrogen) atoms. The van der Waals surface area contributed by atoms with Gasteiger partial charge in [0, 0.05) is 43.1 Å². The zero-order valence-corrected chi connectivity index (χ0v) is 18.1. The quantitative estimate of drug-likeness (QED) is 0.509. The van der Waals surface area contributed by atoms with Crippen LogP contribution in [0.15, 0.2) is 78.9 Å². The lowest BCUT2D eigenvalue weighted by Crippen LogP contribution is -2.23. The molecule has 0 aliphatic heterocycles. The van der Waals surface area contributed by atoms with Crippen LogP contribution in [-0.2, 0) is 16.1 Å². The Labute approximate surface area is 187 Å². The second kappa shape index (κ2) is 10.8. The Balaban J connectivity index is 1.45. The van der Waals surface area contributed by atoms with Gasteiger partial charge in [-0.05, 0) is 54.1 Å². The van der Waals surface area contributed by atoms with Gasteiger partial charge < -0.3 is 20.9 Å². The third kappa shape index (κ3) is 6.43. The molecule has 0 unspecified atom stereocenters. The van der Waals surface area contributed by atoms with Crippen LogP contribution in [0.1, 0.15) is 22.8 Å². The number of amides is 3. The van der Waals surface area contributed by atoms with Crippen molar-refractivity contribution in [3.8, 4) is 0 Å². The van der Waals surface area contributed by atoms with Gasteiger partial charge >= 0.3 is 0 Å². The molecule has 0 saturated carbocycles. The van der Waals surface area contributed by atoms with Crippen molar-refractivity contribution in [2.24, 2.45) is 0 Å². The summed E-state index contributed by atoms with van der Waals surface area (Å²) in [5.41, 5.74) is 3.71. The molecule has 0 aromatic heterocycles. The smallest absolute Gasteiger partial charge is 0.251 e. The molecule has 3 aromatic rings. The van der Waals surface area contributed by atoms with E-state index in [1.54, 1.807) is 55.6 Å². The number of nitrogens with zero attached hydrogens (tertiary/aromatic N) is 1. The van der Waals surface area contributed by atoms with E-state index in [0.717, 1.165) is 16.9 Å². The van der Waals surface area contributed by atoms with Gasteiger partial charge in [-0.1, -0.05) is 30.3 Å². The Morgan fingerprint density at radius 3 is 2.06 bits per heavy atom. The first-order chi connectivity index (χ1) is 15.4. The first-order valence-electron chi connectivity index (χ1n) is 10.2. The van der Waals surface area contributed by atoms with Crippen molar-refractivity contribution in [3.05, 3.63) is 90.0 Å². The highest BCUT2D eigenvalue weighted by Gasteiger charge is 2.08. The highest BCUT2D eigenvalue weighted by Crippen LogP contribution is 2.17. The fourth-order valence-electron chi connectivity index (χ4n) is 2.96. The summed E-state index contributed by atoms with van der Waals surface area (Å²) in [4.78, 5) is 37.4. The maximum absolute atomic E-state index is 12.3. The molecule has 0 aliphatic rings. The van der Waals surface area contributed by atoms with Crippen molar-refractivity contribution in [2.45, 2.75) is 13.5 Å². The Hall–Kier alpha value is -4.13. The highest BCUT2D eigenvalue weighted by atomic mass is 16.2. The van der Waals surface area contributed by atoms with Crippen LogP contribution in [0.2, 0.25) is 0 Å². The summed E-state index contributed by atoms with van der Waals surface area (Å²) in [6.45, 7) is 2.03. The normalized spacial score (nSPS) is 10.2. The summed E-state index contributed by atoms with van der Waals surface area (Å²) in [6.07, 6.45) is 0. The van der Waals surface area contributed by atoms with Gasteiger partial charge in [-0.15, -0.1) is 0 Å². The van der Waals surface area contributed by atoms with Crippen LogP contribution < -0.4 is 20.9 Å². The molecule has 0 fully saturated rings. The molecule has 3 N–H and O–H groups in total. The molecule has 0 atom stereocenters. The second-order valence-corrected chi connectivity index (χ2v) is 7.27. The summed E-state index contributed by atoms with van der Waals surface area (Å²) in [6, 6.07) is 23.7. The molecular weight excluding hydrogens is 404 g/mol. The minimum absolute atomic E-state index is 0.0642. The van der Waals surface area contributed by atoms with Gasteiger partial charge in [-0.25, -0.2) is 0 Å². The third-order valence-electron chi connectivity index (χ3n) is 4.91. The molecule has 0 heterocycles. The van der Waals surface area contributed by atoms with E-state index in [9.17, 15) is 14.4 Å². The lowest BCUT2D eigenvalue weighted by Gasteiger charge is -2.15. The van der Waals surface area contributed by atoms with E-state index in [4.69, 9.17) is 0 Å². The Bertz CT molecular complexity index is 1060. The van der Waals surface area contributed by atoms with Crippen LogP contribution in [0, 0.1) is 0 Å². The van der Waals surface area contributed by atoms with Crippen LogP contribution in [0.25, 0.3) is 0 Å².